The number of ether oxygens (including phenoxy) is 1. The van der Waals surface area contributed by atoms with Crippen molar-refractivity contribution >= 4 is 38.6 Å². The number of hydrogen-bond acceptors (Lipinski definition) is 6. The third-order valence-electron chi connectivity index (χ3n) is 5.22. The topological polar surface area (TPSA) is 110 Å². The molecule has 2 amide bonds. The van der Waals surface area contributed by atoms with Gasteiger partial charge in [0.05, 0.1) is 11.6 Å². The minimum absolute atomic E-state index is 0.00181. The molecule has 1 aliphatic rings. The minimum atomic E-state index is -4.12. The van der Waals surface area contributed by atoms with Crippen LogP contribution in [0.15, 0.2) is 71.6 Å². The molecule has 0 aliphatic carbocycles. The molecule has 1 unspecified atom stereocenters. The highest BCUT2D eigenvalue weighted by Crippen LogP contribution is 2.29. The van der Waals surface area contributed by atoms with E-state index < -0.39 is 41.0 Å². The zero-order chi connectivity index (χ0) is 22.9. The average Bonchev–Trinajstić information content (AvgIpc) is 2.98. The number of esters is 1. The molecule has 0 saturated heterocycles. The van der Waals surface area contributed by atoms with E-state index in [0.29, 0.717) is 4.31 Å². The summed E-state index contributed by atoms with van der Waals surface area (Å²) < 4.78 is 30.4. The molecule has 3 aromatic carbocycles. The minimum Gasteiger partial charge on any atom is -0.454 e. The standard InChI is InChI=1S/C23H20N2O6S/c1-15(17-11-6-8-16-7-2-3-9-18(16)17)24-21(26)14-31-22(27)13-25-23(28)19-10-4-5-12-20(19)32(25,29)30/h2-12,15H,13-14H2,1H3,(H,24,26). The number of fused-ring (bicyclic) bond motifs is 2. The van der Waals surface area contributed by atoms with Crippen molar-refractivity contribution in [3.63, 3.8) is 0 Å². The molecule has 0 bridgehead atoms. The van der Waals surface area contributed by atoms with Gasteiger partial charge in [-0.1, -0.05) is 54.6 Å². The van der Waals surface area contributed by atoms with Crippen molar-refractivity contribution in [2.24, 2.45) is 0 Å². The second-order valence-electron chi connectivity index (χ2n) is 7.33. The van der Waals surface area contributed by atoms with Crippen LogP contribution >= 0.6 is 0 Å². The van der Waals surface area contributed by atoms with Gasteiger partial charge in [-0.15, -0.1) is 0 Å². The number of rotatable bonds is 6. The van der Waals surface area contributed by atoms with E-state index in [1.54, 1.807) is 0 Å². The van der Waals surface area contributed by atoms with E-state index in [2.05, 4.69) is 5.32 Å². The van der Waals surface area contributed by atoms with E-state index in [0.717, 1.165) is 16.3 Å². The Kier molecular flexibility index (Phi) is 5.67. The number of carbonyl (C=O) groups is 3. The molecule has 1 aliphatic heterocycles. The van der Waals surface area contributed by atoms with E-state index in [4.69, 9.17) is 4.74 Å². The van der Waals surface area contributed by atoms with Gasteiger partial charge >= 0.3 is 5.97 Å². The lowest BCUT2D eigenvalue weighted by molar-refractivity contribution is -0.148. The Morgan fingerprint density at radius 1 is 1.00 bits per heavy atom. The van der Waals surface area contributed by atoms with Crippen LogP contribution in [0.5, 0.6) is 0 Å². The van der Waals surface area contributed by atoms with E-state index in [1.807, 2.05) is 49.4 Å². The number of hydrogen-bond donors (Lipinski definition) is 1. The number of nitrogens with zero attached hydrogens (tertiary/aromatic N) is 1. The molecular weight excluding hydrogens is 432 g/mol. The number of amides is 2. The van der Waals surface area contributed by atoms with Gasteiger partial charge in [-0.3, -0.25) is 14.4 Å². The summed E-state index contributed by atoms with van der Waals surface area (Å²) in [7, 11) is -4.12. The first kappa shape index (κ1) is 21.5. The van der Waals surface area contributed by atoms with Gasteiger partial charge in [0.15, 0.2) is 6.61 Å². The molecule has 0 fully saturated rings. The molecule has 1 N–H and O–H groups in total. The monoisotopic (exact) mass is 452 g/mol. The molecule has 0 radical (unpaired) electrons. The summed E-state index contributed by atoms with van der Waals surface area (Å²) in [4.78, 5) is 36.6. The van der Waals surface area contributed by atoms with Crippen LogP contribution in [0.3, 0.4) is 0 Å². The Balaban J connectivity index is 1.35. The Morgan fingerprint density at radius 2 is 1.69 bits per heavy atom. The van der Waals surface area contributed by atoms with Gasteiger partial charge in [-0.25, -0.2) is 12.7 Å². The van der Waals surface area contributed by atoms with Gasteiger partial charge < -0.3 is 10.1 Å². The van der Waals surface area contributed by atoms with Crippen molar-refractivity contribution in [1.82, 2.24) is 9.62 Å². The summed E-state index contributed by atoms with van der Waals surface area (Å²) in [5.74, 6) is -2.34. The van der Waals surface area contributed by atoms with Crippen LogP contribution in [0.25, 0.3) is 10.8 Å². The quantitative estimate of drug-likeness (QED) is 0.575. The van der Waals surface area contributed by atoms with Gasteiger partial charge in [-0.05, 0) is 35.4 Å². The fraction of sp³-hybridized carbons (Fsp3) is 0.174. The second kappa shape index (κ2) is 8.43. The maximum absolute atomic E-state index is 12.5. The molecule has 0 spiro atoms. The zero-order valence-electron chi connectivity index (χ0n) is 17.1. The van der Waals surface area contributed by atoms with E-state index >= 15 is 0 Å². The van der Waals surface area contributed by atoms with Crippen LogP contribution in [0.2, 0.25) is 0 Å². The lowest BCUT2D eigenvalue weighted by Gasteiger charge is -2.17. The first-order valence-corrected chi connectivity index (χ1v) is 11.3. The molecule has 164 valence electrons. The summed E-state index contributed by atoms with van der Waals surface area (Å²) in [5, 5.41) is 4.80. The third-order valence-corrected chi connectivity index (χ3v) is 7.00. The molecule has 1 heterocycles. The first-order chi connectivity index (χ1) is 15.3. The Hall–Kier alpha value is -3.72. The molecule has 9 heteroatoms. The molecule has 4 rings (SSSR count). The lowest BCUT2D eigenvalue weighted by atomic mass is 10.00. The fourth-order valence-electron chi connectivity index (χ4n) is 3.69. The second-order valence-corrected chi connectivity index (χ2v) is 9.16. The maximum atomic E-state index is 12.5. The lowest BCUT2D eigenvalue weighted by Crippen LogP contribution is -2.37. The average molecular weight is 452 g/mol. The molecule has 0 aromatic heterocycles. The van der Waals surface area contributed by atoms with Gasteiger partial charge in [-0.2, -0.15) is 0 Å². The maximum Gasteiger partial charge on any atom is 0.327 e. The van der Waals surface area contributed by atoms with Crippen LogP contribution in [-0.2, 0) is 24.3 Å². The van der Waals surface area contributed by atoms with E-state index in [9.17, 15) is 22.8 Å². The van der Waals surface area contributed by atoms with Crippen molar-refractivity contribution in [3.05, 3.63) is 77.9 Å². The highest BCUT2D eigenvalue weighted by atomic mass is 32.2. The molecule has 0 saturated carbocycles. The highest BCUT2D eigenvalue weighted by molar-refractivity contribution is 7.90. The SMILES string of the molecule is CC(NC(=O)COC(=O)CN1C(=O)c2ccccc2S1(=O)=O)c1cccc2ccccc12. The van der Waals surface area contributed by atoms with Gasteiger partial charge in [0.2, 0.25) is 0 Å². The van der Waals surface area contributed by atoms with Crippen LogP contribution < -0.4 is 5.32 Å². The molecule has 3 aromatic rings. The summed E-state index contributed by atoms with van der Waals surface area (Å²) in [6, 6.07) is 18.9. The Labute approximate surface area is 184 Å². The Morgan fingerprint density at radius 3 is 2.47 bits per heavy atom. The van der Waals surface area contributed by atoms with Crippen molar-refractivity contribution in [2.75, 3.05) is 13.2 Å². The molecule has 32 heavy (non-hydrogen) atoms. The van der Waals surface area contributed by atoms with Crippen molar-refractivity contribution in [3.8, 4) is 0 Å². The van der Waals surface area contributed by atoms with Crippen LogP contribution in [0.4, 0.5) is 0 Å². The number of nitrogens with one attached hydrogen (secondary N) is 1. The summed E-state index contributed by atoms with van der Waals surface area (Å²) >= 11 is 0. The zero-order valence-corrected chi connectivity index (χ0v) is 18.0. The Bertz CT molecular complexity index is 1330. The van der Waals surface area contributed by atoms with Crippen molar-refractivity contribution in [1.29, 1.82) is 0 Å². The molecule has 8 nitrogen and oxygen atoms in total. The fourth-order valence-corrected chi connectivity index (χ4v) is 5.20. The van der Waals surface area contributed by atoms with Crippen LogP contribution in [0, 0.1) is 0 Å². The third kappa shape index (κ3) is 3.94. The predicted octanol–water partition coefficient (Wildman–Crippen LogP) is 2.40. The summed E-state index contributed by atoms with van der Waals surface area (Å²) in [6.07, 6.45) is 0. The first-order valence-electron chi connectivity index (χ1n) is 9.88. The molecular formula is C23H20N2O6S. The normalized spacial score (nSPS) is 15.3. The molecule has 1 atom stereocenters. The smallest absolute Gasteiger partial charge is 0.327 e. The van der Waals surface area contributed by atoms with Crippen molar-refractivity contribution < 1.29 is 27.5 Å². The summed E-state index contributed by atoms with van der Waals surface area (Å²) in [5.41, 5.74) is 0.913. The van der Waals surface area contributed by atoms with E-state index in [-0.39, 0.29) is 16.5 Å². The largest absolute Gasteiger partial charge is 0.454 e. The van der Waals surface area contributed by atoms with Crippen molar-refractivity contribution in [2.45, 2.75) is 17.9 Å². The van der Waals surface area contributed by atoms with Gasteiger partial charge in [0.25, 0.3) is 21.8 Å². The number of carbonyl (C=O) groups excluding carboxylic acids is 3. The highest BCUT2D eigenvalue weighted by Gasteiger charge is 2.42. The number of benzene rings is 3. The van der Waals surface area contributed by atoms with Gasteiger partial charge in [0.1, 0.15) is 11.4 Å². The van der Waals surface area contributed by atoms with Gasteiger partial charge in [0, 0.05) is 0 Å². The number of sulfonamides is 1. The van der Waals surface area contributed by atoms with E-state index in [1.165, 1.54) is 24.3 Å². The summed E-state index contributed by atoms with van der Waals surface area (Å²) in [6.45, 7) is 0.416. The van der Waals surface area contributed by atoms with Crippen LogP contribution in [-0.4, -0.2) is 43.7 Å². The van der Waals surface area contributed by atoms with Crippen LogP contribution in [0.1, 0.15) is 28.9 Å². The predicted molar refractivity (Wildman–Crippen MR) is 116 cm³/mol.